The molecule has 31 heavy (non-hydrogen) atoms. The number of pyridine rings is 1. The van der Waals surface area contributed by atoms with Gasteiger partial charge in [-0.05, 0) is 86.9 Å². The van der Waals surface area contributed by atoms with Crippen LogP contribution in [0.1, 0.15) is 66.5 Å². The van der Waals surface area contributed by atoms with E-state index in [1.807, 2.05) is 24.4 Å². The number of nitrogens with one attached hydrogen (secondary N) is 1. The second-order valence-corrected chi connectivity index (χ2v) is 8.99. The molecule has 0 bridgehead atoms. The van der Waals surface area contributed by atoms with Crippen molar-refractivity contribution in [2.75, 3.05) is 4.90 Å². The molecule has 1 aliphatic carbocycles. The lowest BCUT2D eigenvalue weighted by Crippen LogP contribution is -2.29. The third-order valence-corrected chi connectivity index (χ3v) is 7.05. The van der Waals surface area contributed by atoms with Crippen LogP contribution in [0.4, 0.5) is 10.1 Å². The molecule has 1 N–H and O–H groups in total. The lowest BCUT2D eigenvalue weighted by molar-refractivity contribution is 0.494. The maximum atomic E-state index is 13.6. The van der Waals surface area contributed by atoms with Crippen LogP contribution in [-0.2, 0) is 0 Å². The SMILES string of the molecule is Cc1cc([C@H]2[C@@H](c3ccccn3)NC(=S)N2c2ccc(F)cc2)c(C)n1C1CCCC1. The van der Waals surface area contributed by atoms with Crippen molar-refractivity contribution in [2.45, 2.75) is 57.7 Å². The predicted molar refractivity (Wildman–Crippen MR) is 126 cm³/mol. The summed E-state index contributed by atoms with van der Waals surface area (Å²) in [6.07, 6.45) is 6.89. The van der Waals surface area contributed by atoms with Gasteiger partial charge in [0.1, 0.15) is 5.82 Å². The van der Waals surface area contributed by atoms with Crippen LogP contribution in [-0.4, -0.2) is 14.7 Å². The largest absolute Gasteiger partial charge is 0.351 e. The molecule has 0 spiro atoms. The second-order valence-electron chi connectivity index (χ2n) is 8.61. The zero-order chi connectivity index (χ0) is 21.5. The average Bonchev–Trinajstić information content (AvgIpc) is 3.47. The molecule has 2 atom stereocenters. The van der Waals surface area contributed by atoms with Crippen LogP contribution in [0.2, 0.25) is 0 Å². The smallest absolute Gasteiger partial charge is 0.174 e. The van der Waals surface area contributed by atoms with Crippen molar-refractivity contribution in [2.24, 2.45) is 0 Å². The first-order chi connectivity index (χ1) is 15.0. The van der Waals surface area contributed by atoms with Gasteiger partial charge in [-0.15, -0.1) is 0 Å². The summed E-state index contributed by atoms with van der Waals surface area (Å²) in [5.41, 5.74) is 5.65. The summed E-state index contributed by atoms with van der Waals surface area (Å²) >= 11 is 5.79. The molecule has 4 nitrogen and oxygen atoms in total. The lowest BCUT2D eigenvalue weighted by Gasteiger charge is -2.28. The summed E-state index contributed by atoms with van der Waals surface area (Å²) in [6.45, 7) is 4.42. The fraction of sp³-hybridized carbons (Fsp3) is 0.360. The van der Waals surface area contributed by atoms with E-state index in [4.69, 9.17) is 12.2 Å². The Morgan fingerprint density at radius 2 is 1.81 bits per heavy atom. The molecule has 1 saturated heterocycles. The summed E-state index contributed by atoms with van der Waals surface area (Å²) < 4.78 is 16.2. The minimum atomic E-state index is -0.251. The Hall–Kier alpha value is -2.73. The van der Waals surface area contributed by atoms with E-state index in [2.05, 4.69) is 39.7 Å². The molecule has 6 heteroatoms. The second kappa shape index (κ2) is 8.08. The first-order valence-electron chi connectivity index (χ1n) is 11.0. The molecule has 1 saturated carbocycles. The Kier molecular flexibility index (Phi) is 5.26. The Morgan fingerprint density at radius 1 is 1.06 bits per heavy atom. The number of aromatic nitrogens is 2. The summed E-state index contributed by atoms with van der Waals surface area (Å²) in [7, 11) is 0. The van der Waals surface area contributed by atoms with Crippen molar-refractivity contribution in [3.05, 3.63) is 83.2 Å². The minimum Gasteiger partial charge on any atom is -0.351 e. The van der Waals surface area contributed by atoms with Crippen LogP contribution in [0.5, 0.6) is 0 Å². The highest BCUT2D eigenvalue weighted by molar-refractivity contribution is 7.80. The van der Waals surface area contributed by atoms with Crippen molar-refractivity contribution >= 4 is 23.0 Å². The van der Waals surface area contributed by atoms with E-state index in [0.29, 0.717) is 11.2 Å². The molecule has 1 aliphatic heterocycles. The van der Waals surface area contributed by atoms with E-state index in [0.717, 1.165) is 11.4 Å². The highest BCUT2D eigenvalue weighted by Gasteiger charge is 2.42. The van der Waals surface area contributed by atoms with Crippen molar-refractivity contribution in [1.82, 2.24) is 14.9 Å². The standard InChI is InChI=1S/C25H27FN4S/c1-16-15-21(17(2)29(16)19-7-3-4-8-19)24-23(22-9-5-6-14-27-22)28-25(31)30(24)20-12-10-18(26)11-13-20/h5-6,9-15,19,23-24H,3-4,7-8H2,1-2H3,(H,28,31)/t23-,24+/m1/s1. The fourth-order valence-corrected chi connectivity index (χ4v) is 5.72. The predicted octanol–water partition coefficient (Wildman–Crippen LogP) is 5.93. The van der Waals surface area contributed by atoms with Gasteiger partial charge in [0.05, 0.1) is 17.8 Å². The van der Waals surface area contributed by atoms with E-state index >= 15 is 0 Å². The van der Waals surface area contributed by atoms with Crippen LogP contribution in [0.25, 0.3) is 0 Å². The summed E-state index contributed by atoms with van der Waals surface area (Å²) in [5.74, 6) is -0.251. The van der Waals surface area contributed by atoms with Gasteiger partial charge in [-0.3, -0.25) is 4.98 Å². The fourth-order valence-electron chi connectivity index (χ4n) is 5.38. The molecule has 0 amide bonds. The maximum absolute atomic E-state index is 13.6. The Morgan fingerprint density at radius 3 is 2.48 bits per heavy atom. The molecule has 5 rings (SSSR count). The van der Waals surface area contributed by atoms with Crippen LogP contribution in [0.15, 0.2) is 54.7 Å². The molecule has 0 unspecified atom stereocenters. The summed E-state index contributed by atoms with van der Waals surface area (Å²) in [4.78, 5) is 6.75. The maximum Gasteiger partial charge on any atom is 0.174 e. The molecule has 2 aliphatic rings. The van der Waals surface area contributed by atoms with Gasteiger partial charge in [0.15, 0.2) is 5.11 Å². The molecule has 3 heterocycles. The number of hydrogen-bond donors (Lipinski definition) is 1. The van der Waals surface area contributed by atoms with Gasteiger partial charge in [-0.25, -0.2) is 4.39 Å². The Balaban J connectivity index is 1.64. The summed E-state index contributed by atoms with van der Waals surface area (Å²) in [6, 6.07) is 15.3. The number of nitrogens with zero attached hydrogens (tertiary/aromatic N) is 3. The number of halogens is 1. The molecule has 1 aromatic carbocycles. The van der Waals surface area contributed by atoms with Gasteiger partial charge < -0.3 is 14.8 Å². The quantitative estimate of drug-likeness (QED) is 0.516. The van der Waals surface area contributed by atoms with E-state index < -0.39 is 0 Å². The number of thiocarbonyl (C=S) groups is 1. The molecular weight excluding hydrogens is 407 g/mol. The van der Waals surface area contributed by atoms with Gasteiger partial charge in [0, 0.05) is 29.3 Å². The van der Waals surface area contributed by atoms with E-state index in [1.165, 1.54) is 54.8 Å². The lowest BCUT2D eigenvalue weighted by atomic mass is 9.96. The third kappa shape index (κ3) is 3.53. The van der Waals surface area contributed by atoms with E-state index in [1.54, 1.807) is 12.1 Å². The average molecular weight is 435 g/mol. The normalized spacial score (nSPS) is 21.6. The van der Waals surface area contributed by atoms with E-state index in [-0.39, 0.29) is 17.9 Å². The van der Waals surface area contributed by atoms with Gasteiger partial charge in [-0.2, -0.15) is 0 Å². The molecule has 2 aromatic heterocycles. The van der Waals surface area contributed by atoms with Crippen LogP contribution < -0.4 is 10.2 Å². The van der Waals surface area contributed by atoms with Crippen LogP contribution >= 0.6 is 12.2 Å². The van der Waals surface area contributed by atoms with Gasteiger partial charge >= 0.3 is 0 Å². The van der Waals surface area contributed by atoms with Crippen molar-refractivity contribution in [1.29, 1.82) is 0 Å². The van der Waals surface area contributed by atoms with E-state index in [9.17, 15) is 4.39 Å². The monoisotopic (exact) mass is 434 g/mol. The number of rotatable bonds is 4. The van der Waals surface area contributed by atoms with Gasteiger partial charge in [-0.1, -0.05) is 18.9 Å². The third-order valence-electron chi connectivity index (χ3n) is 6.73. The first-order valence-corrected chi connectivity index (χ1v) is 11.4. The molecule has 3 aromatic rings. The molecule has 160 valence electrons. The topological polar surface area (TPSA) is 33.1 Å². The Labute approximate surface area is 188 Å². The van der Waals surface area contributed by atoms with Gasteiger partial charge in [0.25, 0.3) is 0 Å². The molecular formula is C25H27FN4S. The zero-order valence-electron chi connectivity index (χ0n) is 17.9. The van der Waals surface area contributed by atoms with Crippen molar-refractivity contribution in [3.8, 4) is 0 Å². The van der Waals surface area contributed by atoms with Crippen molar-refractivity contribution < 1.29 is 4.39 Å². The zero-order valence-corrected chi connectivity index (χ0v) is 18.7. The number of anilines is 1. The molecule has 0 radical (unpaired) electrons. The highest BCUT2D eigenvalue weighted by Crippen LogP contribution is 2.44. The number of hydrogen-bond acceptors (Lipinski definition) is 2. The summed E-state index contributed by atoms with van der Waals surface area (Å²) in [5, 5.41) is 4.14. The minimum absolute atomic E-state index is 0.0609. The highest BCUT2D eigenvalue weighted by atomic mass is 32.1. The van der Waals surface area contributed by atoms with Gasteiger partial charge in [0.2, 0.25) is 0 Å². The van der Waals surface area contributed by atoms with Crippen molar-refractivity contribution in [3.63, 3.8) is 0 Å². The van der Waals surface area contributed by atoms with Crippen LogP contribution in [0.3, 0.4) is 0 Å². The van der Waals surface area contributed by atoms with Crippen LogP contribution in [0, 0.1) is 19.7 Å². The first kappa shape index (κ1) is 20.2. The molecule has 2 fully saturated rings. The number of benzene rings is 1. The Bertz CT molecular complexity index is 1090. The number of aryl methyl sites for hydroxylation is 1.